The standard InChI is InChI=1S/C13H26N2O2.ClH/c1-4-5-9-17-11(2)13(16)15-8-6-7-12(15)10-14-3;/h11-12,14H,4-10H2,1-3H3;1H. The monoisotopic (exact) mass is 278 g/mol. The number of nitrogens with one attached hydrogen (secondary N) is 1. The molecule has 108 valence electrons. The summed E-state index contributed by atoms with van der Waals surface area (Å²) in [6.07, 6.45) is 4.05. The number of hydrogen-bond acceptors (Lipinski definition) is 3. The van der Waals surface area contributed by atoms with Crippen LogP contribution in [-0.2, 0) is 9.53 Å². The van der Waals surface area contributed by atoms with E-state index >= 15 is 0 Å². The summed E-state index contributed by atoms with van der Waals surface area (Å²) < 4.78 is 5.57. The normalized spacial score (nSPS) is 20.6. The Morgan fingerprint density at radius 1 is 1.56 bits per heavy atom. The van der Waals surface area contributed by atoms with Gasteiger partial charge in [0.2, 0.25) is 0 Å². The first-order valence-corrected chi connectivity index (χ1v) is 6.77. The number of hydrogen-bond donors (Lipinski definition) is 1. The van der Waals surface area contributed by atoms with Crippen molar-refractivity contribution >= 4 is 18.3 Å². The van der Waals surface area contributed by atoms with Gasteiger partial charge in [-0.05, 0) is 33.2 Å². The minimum Gasteiger partial charge on any atom is -0.369 e. The van der Waals surface area contributed by atoms with Crippen LogP contribution in [0.2, 0.25) is 0 Å². The Labute approximate surface area is 117 Å². The molecule has 1 amide bonds. The SMILES string of the molecule is CCCCOC(C)C(=O)N1CCCC1CNC.Cl. The van der Waals surface area contributed by atoms with Crippen LogP contribution in [0.5, 0.6) is 0 Å². The fourth-order valence-corrected chi connectivity index (χ4v) is 2.28. The summed E-state index contributed by atoms with van der Waals surface area (Å²) in [5.74, 6) is 0.152. The predicted octanol–water partition coefficient (Wildman–Crippen LogP) is 1.82. The lowest BCUT2D eigenvalue weighted by Gasteiger charge is -2.27. The van der Waals surface area contributed by atoms with Gasteiger partial charge in [0.25, 0.3) is 5.91 Å². The highest BCUT2D eigenvalue weighted by atomic mass is 35.5. The van der Waals surface area contributed by atoms with Gasteiger partial charge in [-0.2, -0.15) is 0 Å². The highest BCUT2D eigenvalue weighted by molar-refractivity contribution is 5.85. The van der Waals surface area contributed by atoms with E-state index in [0.29, 0.717) is 12.6 Å². The van der Waals surface area contributed by atoms with E-state index < -0.39 is 0 Å². The first-order chi connectivity index (χ1) is 8.20. The van der Waals surface area contributed by atoms with Crippen molar-refractivity contribution in [3.63, 3.8) is 0 Å². The number of carbonyl (C=O) groups excluding carboxylic acids is 1. The molecule has 0 spiro atoms. The van der Waals surface area contributed by atoms with Crippen LogP contribution in [0, 0.1) is 0 Å². The Balaban J connectivity index is 0.00000289. The lowest BCUT2D eigenvalue weighted by Crippen LogP contribution is -2.45. The number of likely N-dealkylation sites (N-methyl/N-ethyl adjacent to an activating group) is 1. The van der Waals surface area contributed by atoms with E-state index in [2.05, 4.69) is 12.2 Å². The number of carbonyl (C=O) groups is 1. The topological polar surface area (TPSA) is 41.6 Å². The van der Waals surface area contributed by atoms with Gasteiger partial charge in [0.1, 0.15) is 6.10 Å². The number of rotatable bonds is 7. The van der Waals surface area contributed by atoms with E-state index in [1.807, 2.05) is 18.9 Å². The molecule has 18 heavy (non-hydrogen) atoms. The second kappa shape index (κ2) is 9.59. The van der Waals surface area contributed by atoms with Crippen LogP contribution >= 0.6 is 12.4 Å². The molecule has 1 heterocycles. The first kappa shape index (κ1) is 17.7. The van der Waals surface area contributed by atoms with Gasteiger partial charge in [0, 0.05) is 25.7 Å². The maximum absolute atomic E-state index is 12.2. The van der Waals surface area contributed by atoms with Crippen LogP contribution in [0.15, 0.2) is 0 Å². The third-order valence-corrected chi connectivity index (χ3v) is 3.31. The molecule has 0 aromatic carbocycles. The van der Waals surface area contributed by atoms with E-state index in [9.17, 15) is 4.79 Å². The quantitative estimate of drug-likeness (QED) is 0.723. The fourth-order valence-electron chi connectivity index (χ4n) is 2.28. The van der Waals surface area contributed by atoms with E-state index in [4.69, 9.17) is 4.74 Å². The summed E-state index contributed by atoms with van der Waals surface area (Å²) in [6, 6.07) is 0.352. The van der Waals surface area contributed by atoms with Gasteiger partial charge in [0.15, 0.2) is 0 Å². The van der Waals surface area contributed by atoms with Gasteiger partial charge in [-0.3, -0.25) is 4.79 Å². The number of halogens is 1. The Kier molecular flexibility index (Phi) is 9.42. The smallest absolute Gasteiger partial charge is 0.251 e. The summed E-state index contributed by atoms with van der Waals surface area (Å²) in [7, 11) is 1.93. The third kappa shape index (κ3) is 5.12. The van der Waals surface area contributed by atoms with Crippen molar-refractivity contribution in [1.29, 1.82) is 0 Å². The lowest BCUT2D eigenvalue weighted by atomic mass is 10.2. The molecule has 1 saturated heterocycles. The number of ether oxygens (including phenoxy) is 1. The zero-order chi connectivity index (χ0) is 12.7. The molecular weight excluding hydrogens is 252 g/mol. The molecule has 2 unspecified atom stereocenters. The third-order valence-electron chi connectivity index (χ3n) is 3.31. The molecule has 1 fully saturated rings. The average molecular weight is 279 g/mol. The fraction of sp³-hybridized carbons (Fsp3) is 0.923. The van der Waals surface area contributed by atoms with Crippen LogP contribution in [0.25, 0.3) is 0 Å². The largest absolute Gasteiger partial charge is 0.369 e. The molecular formula is C13H27ClN2O2. The van der Waals surface area contributed by atoms with E-state index in [1.54, 1.807) is 0 Å². The van der Waals surface area contributed by atoms with Crippen molar-refractivity contribution in [1.82, 2.24) is 10.2 Å². The molecule has 1 rings (SSSR count). The number of nitrogens with zero attached hydrogens (tertiary/aromatic N) is 1. The van der Waals surface area contributed by atoms with Crippen molar-refractivity contribution in [3.8, 4) is 0 Å². The van der Waals surface area contributed by atoms with Crippen LogP contribution in [0.3, 0.4) is 0 Å². The molecule has 0 radical (unpaired) electrons. The molecule has 2 atom stereocenters. The van der Waals surface area contributed by atoms with Crippen LogP contribution in [0.4, 0.5) is 0 Å². The molecule has 0 bridgehead atoms. The molecule has 1 aliphatic heterocycles. The summed E-state index contributed by atoms with van der Waals surface area (Å²) in [4.78, 5) is 14.2. The Morgan fingerprint density at radius 2 is 2.28 bits per heavy atom. The summed E-state index contributed by atoms with van der Waals surface area (Å²) >= 11 is 0. The highest BCUT2D eigenvalue weighted by Gasteiger charge is 2.31. The average Bonchev–Trinajstić information content (AvgIpc) is 2.77. The van der Waals surface area contributed by atoms with Crippen molar-refractivity contribution < 1.29 is 9.53 Å². The van der Waals surface area contributed by atoms with E-state index in [0.717, 1.165) is 38.8 Å². The highest BCUT2D eigenvalue weighted by Crippen LogP contribution is 2.18. The van der Waals surface area contributed by atoms with Gasteiger partial charge < -0.3 is 15.0 Å². The molecule has 1 N–H and O–H groups in total. The molecule has 0 aromatic heterocycles. The van der Waals surface area contributed by atoms with Crippen molar-refractivity contribution in [2.75, 3.05) is 26.7 Å². The van der Waals surface area contributed by atoms with Crippen LogP contribution in [-0.4, -0.2) is 49.7 Å². The van der Waals surface area contributed by atoms with Gasteiger partial charge in [0.05, 0.1) is 0 Å². The molecule has 1 aliphatic rings. The minimum atomic E-state index is -0.293. The van der Waals surface area contributed by atoms with Crippen LogP contribution < -0.4 is 5.32 Å². The molecule has 0 aromatic rings. The first-order valence-electron chi connectivity index (χ1n) is 6.77. The van der Waals surface area contributed by atoms with Gasteiger partial charge >= 0.3 is 0 Å². The zero-order valence-corrected chi connectivity index (χ0v) is 12.6. The zero-order valence-electron chi connectivity index (χ0n) is 11.8. The maximum atomic E-state index is 12.2. The van der Waals surface area contributed by atoms with Crippen LogP contribution in [0.1, 0.15) is 39.5 Å². The summed E-state index contributed by atoms with van der Waals surface area (Å²) in [5, 5.41) is 3.15. The van der Waals surface area contributed by atoms with Crippen molar-refractivity contribution in [3.05, 3.63) is 0 Å². The van der Waals surface area contributed by atoms with E-state index in [-0.39, 0.29) is 24.4 Å². The second-order valence-corrected chi connectivity index (χ2v) is 4.75. The second-order valence-electron chi connectivity index (χ2n) is 4.75. The molecule has 4 nitrogen and oxygen atoms in total. The number of amides is 1. The minimum absolute atomic E-state index is 0. The lowest BCUT2D eigenvalue weighted by molar-refractivity contribution is -0.143. The number of unbranched alkanes of at least 4 members (excludes halogenated alkanes) is 1. The maximum Gasteiger partial charge on any atom is 0.251 e. The Morgan fingerprint density at radius 3 is 2.89 bits per heavy atom. The molecule has 5 heteroatoms. The van der Waals surface area contributed by atoms with Crippen molar-refractivity contribution in [2.45, 2.75) is 51.7 Å². The summed E-state index contributed by atoms with van der Waals surface area (Å²) in [5.41, 5.74) is 0. The van der Waals surface area contributed by atoms with E-state index in [1.165, 1.54) is 0 Å². The summed E-state index contributed by atoms with van der Waals surface area (Å²) in [6.45, 7) is 6.44. The van der Waals surface area contributed by atoms with Crippen molar-refractivity contribution in [2.24, 2.45) is 0 Å². The van der Waals surface area contributed by atoms with Gasteiger partial charge in [-0.25, -0.2) is 0 Å². The number of likely N-dealkylation sites (tertiary alicyclic amines) is 1. The van der Waals surface area contributed by atoms with Gasteiger partial charge in [-0.15, -0.1) is 12.4 Å². The Bertz CT molecular complexity index is 239. The molecule has 0 saturated carbocycles. The predicted molar refractivity (Wildman–Crippen MR) is 76.2 cm³/mol. The Hall–Kier alpha value is -0.320. The molecule has 0 aliphatic carbocycles. The van der Waals surface area contributed by atoms with Gasteiger partial charge in [-0.1, -0.05) is 13.3 Å².